The molecule has 0 saturated carbocycles. The first kappa shape index (κ1) is 6.90. The van der Waals surface area contributed by atoms with Crippen LogP contribution in [0.3, 0.4) is 0 Å². The molecule has 0 aromatic heterocycles. The number of nitriles is 1. The minimum absolute atomic E-state index is 0.00958. The van der Waals surface area contributed by atoms with Crippen LogP contribution in [0, 0.1) is 11.3 Å². The Morgan fingerprint density at radius 2 is 2.50 bits per heavy atom. The van der Waals surface area contributed by atoms with E-state index in [2.05, 4.69) is 0 Å². The Hall–Kier alpha value is -1.10. The summed E-state index contributed by atoms with van der Waals surface area (Å²) in [4.78, 5) is 10.3. The Kier molecular flexibility index (Phi) is 3.51. The lowest BCUT2D eigenvalue weighted by Crippen LogP contribution is -1.86. The number of ketones is 1. The molecule has 0 heterocycles. The molecule has 0 amide bonds. The molecule has 0 aliphatic rings. The van der Waals surface area contributed by atoms with Crippen LogP contribution in [0.4, 0.5) is 0 Å². The third-order valence-electron chi connectivity index (χ3n) is 0.606. The Morgan fingerprint density at radius 3 is 2.88 bits per heavy atom. The summed E-state index contributed by atoms with van der Waals surface area (Å²) in [5.41, 5.74) is 0. The molecule has 2 nitrogen and oxygen atoms in total. The number of carbonyl (C=O) groups is 1. The first-order valence-electron chi connectivity index (χ1n) is 2.33. The van der Waals surface area contributed by atoms with E-state index in [1.165, 1.54) is 6.08 Å². The molecule has 0 rings (SSSR count). The van der Waals surface area contributed by atoms with Crippen molar-refractivity contribution in [2.45, 2.75) is 13.3 Å². The van der Waals surface area contributed by atoms with Gasteiger partial charge in [0.25, 0.3) is 0 Å². The maximum Gasteiger partial charge on any atom is 0.169 e. The molecule has 42 valence electrons. The van der Waals surface area contributed by atoms with Crippen LogP contribution in [0.1, 0.15) is 13.3 Å². The largest absolute Gasteiger partial charge is 0.294 e. The van der Waals surface area contributed by atoms with Gasteiger partial charge in [0.05, 0.1) is 12.5 Å². The smallest absolute Gasteiger partial charge is 0.169 e. The first-order chi connectivity index (χ1) is 3.81. The summed E-state index contributed by atoms with van der Waals surface area (Å²) in [6.07, 6.45) is 3.01. The summed E-state index contributed by atoms with van der Waals surface area (Å²) >= 11 is 0. The number of nitrogens with zero attached hydrogens (tertiary/aromatic N) is 1. The highest BCUT2D eigenvalue weighted by Crippen LogP contribution is 1.80. The Labute approximate surface area is 48.4 Å². The third kappa shape index (κ3) is 3.10. The van der Waals surface area contributed by atoms with Gasteiger partial charge in [0, 0.05) is 0 Å². The Bertz CT molecular complexity index is 141. The molecule has 0 N–H and O–H groups in total. The second-order valence-electron chi connectivity index (χ2n) is 1.30. The van der Waals surface area contributed by atoms with Crippen molar-refractivity contribution in [1.29, 1.82) is 5.26 Å². The average molecular weight is 109 g/mol. The van der Waals surface area contributed by atoms with E-state index in [4.69, 9.17) is 5.26 Å². The lowest BCUT2D eigenvalue weighted by atomic mass is 10.3. The van der Waals surface area contributed by atoms with Gasteiger partial charge < -0.3 is 0 Å². The molecule has 0 radical (unpaired) electrons. The van der Waals surface area contributed by atoms with Gasteiger partial charge in [-0.1, -0.05) is 6.08 Å². The SMILES string of the molecule is C/C=C/C(=O)CC#N. The van der Waals surface area contributed by atoms with Crippen LogP contribution in [0.2, 0.25) is 0 Å². The van der Waals surface area contributed by atoms with Gasteiger partial charge in [0.2, 0.25) is 0 Å². The van der Waals surface area contributed by atoms with Crippen molar-refractivity contribution in [3.63, 3.8) is 0 Å². The molecular weight excluding hydrogens is 102 g/mol. The molecule has 2 heteroatoms. The van der Waals surface area contributed by atoms with Crippen molar-refractivity contribution in [1.82, 2.24) is 0 Å². The van der Waals surface area contributed by atoms with Crippen LogP contribution >= 0.6 is 0 Å². The van der Waals surface area contributed by atoms with Gasteiger partial charge in [-0.25, -0.2) is 0 Å². The predicted molar refractivity (Wildman–Crippen MR) is 30.1 cm³/mol. The number of allylic oxidation sites excluding steroid dienone is 2. The second-order valence-corrected chi connectivity index (χ2v) is 1.30. The monoisotopic (exact) mass is 109 g/mol. The molecule has 0 unspecified atom stereocenters. The van der Waals surface area contributed by atoms with E-state index >= 15 is 0 Å². The molecule has 0 aromatic rings. The van der Waals surface area contributed by atoms with Crippen molar-refractivity contribution in [2.24, 2.45) is 0 Å². The fourth-order valence-electron chi connectivity index (χ4n) is 0.323. The van der Waals surface area contributed by atoms with Crippen LogP contribution in [0.5, 0.6) is 0 Å². The maximum atomic E-state index is 10.3. The standard InChI is InChI=1S/C6H7NO/c1-2-3-6(8)4-5-7/h2-3H,4H2,1H3/b3-2+. The van der Waals surface area contributed by atoms with Gasteiger partial charge in [0.15, 0.2) is 5.78 Å². The fourth-order valence-corrected chi connectivity index (χ4v) is 0.323. The minimum atomic E-state index is -0.130. The average Bonchev–Trinajstić information content (AvgIpc) is 1.68. The molecule has 0 bridgehead atoms. The molecule has 0 fully saturated rings. The van der Waals surface area contributed by atoms with Crippen molar-refractivity contribution in [3.05, 3.63) is 12.2 Å². The molecule has 0 spiro atoms. The lowest BCUT2D eigenvalue weighted by molar-refractivity contribution is -0.113. The zero-order valence-electron chi connectivity index (χ0n) is 4.72. The van der Waals surface area contributed by atoms with Crippen LogP contribution in [0.15, 0.2) is 12.2 Å². The molecule has 0 saturated heterocycles. The zero-order chi connectivity index (χ0) is 6.41. The minimum Gasteiger partial charge on any atom is -0.294 e. The Morgan fingerprint density at radius 1 is 1.88 bits per heavy atom. The summed E-state index contributed by atoms with van der Waals surface area (Å²) in [6, 6.07) is 1.75. The molecule has 0 atom stereocenters. The van der Waals surface area contributed by atoms with E-state index in [1.54, 1.807) is 19.1 Å². The molecule has 0 aliphatic carbocycles. The van der Waals surface area contributed by atoms with E-state index in [0.717, 1.165) is 0 Å². The molecule has 0 aliphatic heterocycles. The summed E-state index contributed by atoms with van der Waals surface area (Å²) in [6.45, 7) is 1.75. The molecule has 8 heavy (non-hydrogen) atoms. The van der Waals surface area contributed by atoms with Gasteiger partial charge >= 0.3 is 0 Å². The summed E-state index contributed by atoms with van der Waals surface area (Å²) < 4.78 is 0. The van der Waals surface area contributed by atoms with Gasteiger partial charge in [-0.15, -0.1) is 0 Å². The van der Waals surface area contributed by atoms with Gasteiger partial charge in [-0.3, -0.25) is 4.79 Å². The van der Waals surface area contributed by atoms with E-state index in [0.29, 0.717) is 0 Å². The first-order valence-corrected chi connectivity index (χ1v) is 2.33. The molecular formula is C6H7NO. The van der Waals surface area contributed by atoms with Crippen molar-refractivity contribution in [3.8, 4) is 6.07 Å². The molecule has 0 aromatic carbocycles. The van der Waals surface area contributed by atoms with Gasteiger partial charge in [0.1, 0.15) is 0 Å². The number of carbonyl (C=O) groups excluding carboxylic acids is 1. The normalized spacial score (nSPS) is 9.00. The van der Waals surface area contributed by atoms with E-state index in [9.17, 15) is 4.79 Å². The number of rotatable bonds is 2. The predicted octanol–water partition coefficient (Wildman–Crippen LogP) is 1.05. The third-order valence-corrected chi connectivity index (χ3v) is 0.606. The highest BCUT2D eigenvalue weighted by atomic mass is 16.1. The topological polar surface area (TPSA) is 40.9 Å². The van der Waals surface area contributed by atoms with Gasteiger partial charge in [-0.2, -0.15) is 5.26 Å². The van der Waals surface area contributed by atoms with Crippen LogP contribution in [-0.4, -0.2) is 5.78 Å². The summed E-state index contributed by atoms with van der Waals surface area (Å²) in [7, 11) is 0. The number of hydrogen-bond donors (Lipinski definition) is 0. The summed E-state index contributed by atoms with van der Waals surface area (Å²) in [5.74, 6) is -0.130. The quantitative estimate of drug-likeness (QED) is 0.497. The highest BCUT2D eigenvalue weighted by molar-refractivity contribution is 5.90. The van der Waals surface area contributed by atoms with Gasteiger partial charge in [-0.05, 0) is 13.0 Å². The van der Waals surface area contributed by atoms with Crippen molar-refractivity contribution >= 4 is 5.78 Å². The fraction of sp³-hybridized carbons (Fsp3) is 0.333. The van der Waals surface area contributed by atoms with Crippen molar-refractivity contribution in [2.75, 3.05) is 0 Å². The summed E-state index contributed by atoms with van der Waals surface area (Å²) in [5, 5.41) is 7.96. The highest BCUT2D eigenvalue weighted by Gasteiger charge is 1.89. The van der Waals surface area contributed by atoms with Crippen LogP contribution in [0.25, 0.3) is 0 Å². The Balaban J connectivity index is 3.53. The van der Waals surface area contributed by atoms with Crippen LogP contribution in [-0.2, 0) is 4.79 Å². The number of hydrogen-bond acceptors (Lipinski definition) is 2. The van der Waals surface area contributed by atoms with E-state index < -0.39 is 0 Å². The van der Waals surface area contributed by atoms with Crippen LogP contribution < -0.4 is 0 Å². The maximum absolute atomic E-state index is 10.3. The lowest BCUT2D eigenvalue weighted by Gasteiger charge is -1.76. The zero-order valence-corrected chi connectivity index (χ0v) is 4.72. The van der Waals surface area contributed by atoms with E-state index in [1.807, 2.05) is 0 Å². The van der Waals surface area contributed by atoms with E-state index in [-0.39, 0.29) is 12.2 Å². The second kappa shape index (κ2) is 4.07. The van der Waals surface area contributed by atoms with Crippen molar-refractivity contribution < 1.29 is 4.79 Å².